The molecule has 2 aliphatic rings. The highest BCUT2D eigenvalue weighted by molar-refractivity contribution is 5.94. The largest absolute Gasteiger partial charge is 0.378 e. The van der Waals surface area contributed by atoms with Crippen LogP contribution in [0.1, 0.15) is 61.7 Å². The van der Waals surface area contributed by atoms with Crippen LogP contribution in [-0.4, -0.2) is 49.1 Å². The van der Waals surface area contributed by atoms with Crippen molar-refractivity contribution < 1.29 is 18.7 Å². The summed E-state index contributed by atoms with van der Waals surface area (Å²) < 4.78 is 18.9. The maximum Gasteiger partial charge on any atom is 0.253 e. The molecule has 1 aromatic carbocycles. The van der Waals surface area contributed by atoms with Crippen molar-refractivity contribution in [2.24, 2.45) is 5.92 Å². The van der Waals surface area contributed by atoms with Gasteiger partial charge in [0.05, 0.1) is 6.10 Å². The van der Waals surface area contributed by atoms with Crippen molar-refractivity contribution in [3.05, 3.63) is 35.6 Å². The average Bonchev–Trinajstić information content (AvgIpc) is 2.74. The van der Waals surface area contributed by atoms with Gasteiger partial charge in [-0.15, -0.1) is 0 Å². The Balaban J connectivity index is 1.31. The number of piperidine rings is 1. The Kier molecular flexibility index (Phi) is 7.83. The lowest BCUT2D eigenvalue weighted by Gasteiger charge is -2.31. The number of nitrogens with one attached hydrogen (secondary N) is 1. The lowest BCUT2D eigenvalue weighted by Crippen LogP contribution is -2.43. The lowest BCUT2D eigenvalue weighted by atomic mass is 9.95. The van der Waals surface area contributed by atoms with E-state index in [9.17, 15) is 14.0 Å². The van der Waals surface area contributed by atoms with Crippen molar-refractivity contribution in [2.45, 2.75) is 57.5 Å². The van der Waals surface area contributed by atoms with Crippen LogP contribution in [0.3, 0.4) is 0 Å². The van der Waals surface area contributed by atoms with Gasteiger partial charge >= 0.3 is 0 Å². The molecule has 0 spiro atoms. The summed E-state index contributed by atoms with van der Waals surface area (Å²) in [6, 6.07) is 5.61. The topological polar surface area (TPSA) is 58.6 Å². The summed E-state index contributed by atoms with van der Waals surface area (Å²) in [5.74, 6) is -0.419. The van der Waals surface area contributed by atoms with Gasteiger partial charge in [0.25, 0.3) is 5.91 Å². The zero-order valence-electron chi connectivity index (χ0n) is 16.5. The molecule has 1 heterocycles. The third-order valence-electron chi connectivity index (χ3n) is 5.77. The molecule has 0 radical (unpaired) electrons. The summed E-state index contributed by atoms with van der Waals surface area (Å²) in [4.78, 5) is 26.5. The molecule has 28 heavy (non-hydrogen) atoms. The molecule has 0 aromatic heterocycles. The van der Waals surface area contributed by atoms with Crippen LogP contribution in [0.25, 0.3) is 0 Å². The van der Waals surface area contributed by atoms with E-state index >= 15 is 0 Å². The second-order valence-electron chi connectivity index (χ2n) is 7.85. The monoisotopic (exact) mass is 390 g/mol. The lowest BCUT2D eigenvalue weighted by molar-refractivity contribution is -0.126. The summed E-state index contributed by atoms with van der Waals surface area (Å²) in [7, 11) is 0. The Labute approximate surface area is 166 Å². The molecular formula is C22H31FN2O3. The quantitative estimate of drug-likeness (QED) is 0.725. The number of rotatable bonds is 7. The molecule has 2 fully saturated rings. The maximum atomic E-state index is 13.0. The Hall–Kier alpha value is -1.95. The van der Waals surface area contributed by atoms with Crippen molar-refractivity contribution in [2.75, 3.05) is 26.2 Å². The van der Waals surface area contributed by atoms with Crippen LogP contribution >= 0.6 is 0 Å². The number of halogens is 1. The van der Waals surface area contributed by atoms with Crippen LogP contribution in [0, 0.1) is 11.7 Å². The van der Waals surface area contributed by atoms with E-state index < -0.39 is 0 Å². The molecule has 3 rings (SSSR count). The minimum Gasteiger partial charge on any atom is -0.378 e. The van der Waals surface area contributed by atoms with E-state index in [0.717, 1.165) is 6.42 Å². The first-order valence-corrected chi connectivity index (χ1v) is 10.6. The van der Waals surface area contributed by atoms with E-state index in [2.05, 4.69) is 5.32 Å². The summed E-state index contributed by atoms with van der Waals surface area (Å²) in [6.45, 7) is 2.45. The molecule has 0 atom stereocenters. The molecule has 2 amide bonds. The Morgan fingerprint density at radius 1 is 1.04 bits per heavy atom. The Morgan fingerprint density at radius 3 is 2.39 bits per heavy atom. The second kappa shape index (κ2) is 10.6. The third-order valence-corrected chi connectivity index (χ3v) is 5.77. The second-order valence-corrected chi connectivity index (χ2v) is 7.85. The van der Waals surface area contributed by atoms with Gasteiger partial charge in [0.2, 0.25) is 5.91 Å². The number of benzene rings is 1. The number of hydrogen-bond donors (Lipinski definition) is 1. The first-order chi connectivity index (χ1) is 13.6. The maximum absolute atomic E-state index is 13.0. The van der Waals surface area contributed by atoms with Crippen LogP contribution < -0.4 is 5.32 Å². The minimum atomic E-state index is -0.351. The van der Waals surface area contributed by atoms with Crippen molar-refractivity contribution >= 4 is 11.8 Å². The fraction of sp³-hybridized carbons (Fsp3) is 0.636. The molecule has 1 aromatic rings. The van der Waals surface area contributed by atoms with E-state index in [-0.39, 0.29) is 23.5 Å². The number of hydrogen-bond acceptors (Lipinski definition) is 3. The molecular weight excluding hydrogens is 359 g/mol. The molecule has 0 unspecified atom stereocenters. The van der Waals surface area contributed by atoms with Gasteiger partial charge in [-0.2, -0.15) is 0 Å². The van der Waals surface area contributed by atoms with E-state index in [1.807, 2.05) is 0 Å². The highest BCUT2D eigenvalue weighted by atomic mass is 19.1. The first kappa shape index (κ1) is 20.8. The molecule has 154 valence electrons. The van der Waals surface area contributed by atoms with Crippen LogP contribution in [0.4, 0.5) is 4.39 Å². The van der Waals surface area contributed by atoms with Crippen molar-refractivity contribution in [1.29, 1.82) is 0 Å². The molecule has 1 aliphatic carbocycles. The van der Waals surface area contributed by atoms with Crippen molar-refractivity contribution in [3.63, 3.8) is 0 Å². The number of amides is 2. The number of nitrogens with zero attached hydrogens (tertiary/aromatic N) is 1. The number of carbonyl (C=O) groups is 2. The van der Waals surface area contributed by atoms with Gasteiger partial charge in [-0.25, -0.2) is 4.39 Å². The SMILES string of the molecule is O=C(NCCCOC1CCCCC1)C1CCN(C(=O)c2ccc(F)cc2)CC1. The molecule has 6 heteroatoms. The highest BCUT2D eigenvalue weighted by Gasteiger charge is 2.27. The average molecular weight is 390 g/mol. The summed E-state index contributed by atoms with van der Waals surface area (Å²) in [6.07, 6.45) is 8.77. The Bertz CT molecular complexity index is 636. The molecule has 1 saturated heterocycles. The van der Waals surface area contributed by atoms with Gasteiger partial charge in [0.1, 0.15) is 5.82 Å². The van der Waals surface area contributed by atoms with E-state index in [1.165, 1.54) is 56.4 Å². The van der Waals surface area contributed by atoms with E-state index in [0.29, 0.717) is 50.8 Å². The molecule has 1 N–H and O–H groups in total. The van der Waals surface area contributed by atoms with Crippen molar-refractivity contribution in [3.8, 4) is 0 Å². The number of carbonyl (C=O) groups excluding carboxylic acids is 2. The number of ether oxygens (including phenoxy) is 1. The smallest absolute Gasteiger partial charge is 0.253 e. The van der Waals surface area contributed by atoms with Crippen LogP contribution in [0.2, 0.25) is 0 Å². The fourth-order valence-electron chi connectivity index (χ4n) is 4.03. The van der Waals surface area contributed by atoms with Gasteiger partial charge in [-0.05, 0) is 56.4 Å². The molecule has 0 bridgehead atoms. The van der Waals surface area contributed by atoms with Gasteiger partial charge in [0, 0.05) is 37.7 Å². The zero-order chi connectivity index (χ0) is 19.8. The van der Waals surface area contributed by atoms with Crippen LogP contribution in [0.5, 0.6) is 0 Å². The Morgan fingerprint density at radius 2 is 1.71 bits per heavy atom. The summed E-state index contributed by atoms with van der Waals surface area (Å²) in [5.41, 5.74) is 0.488. The van der Waals surface area contributed by atoms with E-state index in [4.69, 9.17) is 4.74 Å². The zero-order valence-corrected chi connectivity index (χ0v) is 16.5. The molecule has 1 saturated carbocycles. The molecule has 1 aliphatic heterocycles. The van der Waals surface area contributed by atoms with Crippen LogP contribution in [-0.2, 0) is 9.53 Å². The highest BCUT2D eigenvalue weighted by Crippen LogP contribution is 2.21. The summed E-state index contributed by atoms with van der Waals surface area (Å²) in [5, 5.41) is 3.01. The fourth-order valence-corrected chi connectivity index (χ4v) is 4.03. The predicted octanol–water partition coefficient (Wildman–Crippen LogP) is 3.53. The van der Waals surface area contributed by atoms with Crippen molar-refractivity contribution in [1.82, 2.24) is 10.2 Å². The standard InChI is InChI=1S/C22H31FN2O3/c23-19-9-7-18(8-10-19)22(27)25-14-11-17(12-15-25)21(26)24-13-4-16-28-20-5-2-1-3-6-20/h7-10,17,20H,1-6,11-16H2,(H,24,26). The van der Waals surface area contributed by atoms with Gasteiger partial charge in [0.15, 0.2) is 0 Å². The van der Waals surface area contributed by atoms with Gasteiger partial charge in [-0.1, -0.05) is 19.3 Å². The molecule has 5 nitrogen and oxygen atoms in total. The first-order valence-electron chi connectivity index (χ1n) is 10.6. The summed E-state index contributed by atoms with van der Waals surface area (Å²) >= 11 is 0. The number of likely N-dealkylation sites (tertiary alicyclic amines) is 1. The third kappa shape index (κ3) is 6.03. The van der Waals surface area contributed by atoms with Gasteiger partial charge < -0.3 is 15.0 Å². The predicted molar refractivity (Wildman–Crippen MR) is 105 cm³/mol. The van der Waals surface area contributed by atoms with Crippen LogP contribution in [0.15, 0.2) is 24.3 Å². The minimum absolute atomic E-state index is 0.0449. The normalized spacial score (nSPS) is 18.8. The van der Waals surface area contributed by atoms with E-state index in [1.54, 1.807) is 4.90 Å². The van der Waals surface area contributed by atoms with Gasteiger partial charge in [-0.3, -0.25) is 9.59 Å².